The third-order valence-corrected chi connectivity index (χ3v) is 3.73. The van der Waals surface area contributed by atoms with Gasteiger partial charge in [-0.3, -0.25) is 4.99 Å². The van der Waals surface area contributed by atoms with E-state index < -0.39 is 11.7 Å². The molecular formula is C13H15F3N4. The van der Waals surface area contributed by atoms with Crippen LogP contribution in [-0.4, -0.2) is 55.4 Å². The standard InChI is InChI=1S/C13H15F3N4/c1-19-2-3-20-11(8-19)7-17-5-9-4-10(13(14,15)16)6-18-12(9)20/h4-6,11H,2-3,7-8H2,1H3. The van der Waals surface area contributed by atoms with Crippen molar-refractivity contribution in [2.24, 2.45) is 4.99 Å². The highest BCUT2D eigenvalue weighted by molar-refractivity contribution is 5.87. The van der Waals surface area contributed by atoms with E-state index in [1.54, 1.807) is 0 Å². The van der Waals surface area contributed by atoms with Crippen molar-refractivity contribution in [1.29, 1.82) is 0 Å². The van der Waals surface area contributed by atoms with E-state index in [-0.39, 0.29) is 6.04 Å². The second kappa shape index (κ2) is 4.73. The van der Waals surface area contributed by atoms with Crippen molar-refractivity contribution in [3.63, 3.8) is 0 Å². The molecule has 0 bridgehead atoms. The summed E-state index contributed by atoms with van der Waals surface area (Å²) in [6.07, 6.45) is -1.95. The summed E-state index contributed by atoms with van der Waals surface area (Å²) in [4.78, 5) is 12.6. The summed E-state index contributed by atoms with van der Waals surface area (Å²) in [6.45, 7) is 3.07. The molecule has 1 aromatic rings. The van der Waals surface area contributed by atoms with Crippen molar-refractivity contribution in [2.75, 3.05) is 38.1 Å². The largest absolute Gasteiger partial charge is 0.417 e. The molecule has 3 heterocycles. The molecule has 0 saturated carbocycles. The van der Waals surface area contributed by atoms with Gasteiger partial charge in [-0.15, -0.1) is 0 Å². The van der Waals surface area contributed by atoms with Gasteiger partial charge in [0.15, 0.2) is 0 Å². The van der Waals surface area contributed by atoms with Gasteiger partial charge >= 0.3 is 6.18 Å². The number of anilines is 1. The number of nitrogens with zero attached hydrogens (tertiary/aromatic N) is 4. The Morgan fingerprint density at radius 1 is 1.30 bits per heavy atom. The van der Waals surface area contributed by atoms with Crippen LogP contribution in [-0.2, 0) is 6.18 Å². The van der Waals surface area contributed by atoms with Crippen LogP contribution in [0, 0.1) is 0 Å². The molecule has 2 aliphatic rings. The Bertz CT molecular complexity index is 541. The smallest absolute Gasteiger partial charge is 0.349 e. The summed E-state index contributed by atoms with van der Waals surface area (Å²) in [6, 6.07) is 1.31. The highest BCUT2D eigenvalue weighted by Gasteiger charge is 2.34. The summed E-state index contributed by atoms with van der Waals surface area (Å²) in [5.74, 6) is 0.609. The van der Waals surface area contributed by atoms with Crippen molar-refractivity contribution in [1.82, 2.24) is 9.88 Å². The van der Waals surface area contributed by atoms with Crippen LogP contribution >= 0.6 is 0 Å². The van der Waals surface area contributed by atoms with Gasteiger partial charge in [-0.05, 0) is 13.1 Å². The molecule has 2 aliphatic heterocycles. The van der Waals surface area contributed by atoms with Gasteiger partial charge in [-0.25, -0.2) is 4.98 Å². The third-order valence-electron chi connectivity index (χ3n) is 3.73. The van der Waals surface area contributed by atoms with Crippen molar-refractivity contribution in [2.45, 2.75) is 12.2 Å². The highest BCUT2D eigenvalue weighted by atomic mass is 19.4. The van der Waals surface area contributed by atoms with Gasteiger partial charge in [-0.1, -0.05) is 0 Å². The van der Waals surface area contributed by atoms with Crippen LogP contribution in [0.4, 0.5) is 19.0 Å². The predicted molar refractivity (Wildman–Crippen MR) is 70.3 cm³/mol. The molecule has 0 aliphatic carbocycles. The minimum absolute atomic E-state index is 0.176. The van der Waals surface area contributed by atoms with Gasteiger partial charge in [0.1, 0.15) is 5.82 Å². The first-order chi connectivity index (χ1) is 9.45. The number of likely N-dealkylation sites (N-methyl/N-ethyl adjacent to an activating group) is 1. The summed E-state index contributed by atoms with van der Waals surface area (Å²) in [5.41, 5.74) is -0.276. The summed E-state index contributed by atoms with van der Waals surface area (Å²) >= 11 is 0. The fourth-order valence-electron chi connectivity index (χ4n) is 2.68. The Morgan fingerprint density at radius 2 is 2.10 bits per heavy atom. The quantitative estimate of drug-likeness (QED) is 0.726. The number of pyridine rings is 1. The van der Waals surface area contributed by atoms with E-state index in [9.17, 15) is 13.2 Å². The maximum Gasteiger partial charge on any atom is 0.417 e. The van der Waals surface area contributed by atoms with E-state index in [0.29, 0.717) is 17.9 Å². The van der Waals surface area contributed by atoms with Crippen LogP contribution in [0.25, 0.3) is 0 Å². The molecule has 1 fully saturated rings. The lowest BCUT2D eigenvalue weighted by molar-refractivity contribution is -0.137. The SMILES string of the molecule is CN1CCN2c3ncc(C(F)(F)F)cc3C=NCC2C1. The van der Waals surface area contributed by atoms with Crippen molar-refractivity contribution < 1.29 is 13.2 Å². The molecule has 0 spiro atoms. The Morgan fingerprint density at radius 3 is 2.85 bits per heavy atom. The average molecular weight is 284 g/mol. The van der Waals surface area contributed by atoms with E-state index in [4.69, 9.17) is 0 Å². The van der Waals surface area contributed by atoms with Gasteiger partial charge in [-0.2, -0.15) is 13.2 Å². The maximum atomic E-state index is 12.7. The number of hydrogen-bond donors (Lipinski definition) is 0. The topological polar surface area (TPSA) is 31.7 Å². The van der Waals surface area contributed by atoms with Crippen LogP contribution in [0.5, 0.6) is 0 Å². The summed E-state index contributed by atoms with van der Waals surface area (Å²) in [5, 5.41) is 0. The number of piperazine rings is 1. The molecule has 1 saturated heterocycles. The third kappa shape index (κ3) is 2.37. The number of aromatic nitrogens is 1. The molecule has 0 N–H and O–H groups in total. The lowest BCUT2D eigenvalue weighted by atomic mass is 10.1. The number of rotatable bonds is 0. The number of alkyl halides is 3. The minimum Gasteiger partial charge on any atom is -0.349 e. The lowest BCUT2D eigenvalue weighted by Gasteiger charge is -2.39. The van der Waals surface area contributed by atoms with E-state index in [1.165, 1.54) is 6.21 Å². The molecule has 1 atom stereocenters. The zero-order valence-electron chi connectivity index (χ0n) is 11.1. The second-order valence-corrected chi connectivity index (χ2v) is 5.24. The number of halogens is 3. The monoisotopic (exact) mass is 284 g/mol. The molecule has 3 rings (SSSR count). The van der Waals surface area contributed by atoms with Gasteiger partial charge in [0.05, 0.1) is 18.2 Å². The second-order valence-electron chi connectivity index (χ2n) is 5.24. The fraction of sp³-hybridized carbons (Fsp3) is 0.538. The Hall–Kier alpha value is -1.63. The van der Waals surface area contributed by atoms with Crippen LogP contribution in [0.1, 0.15) is 11.1 Å². The Labute approximate surface area is 114 Å². The molecule has 108 valence electrons. The predicted octanol–water partition coefficient (Wildman–Crippen LogP) is 1.65. The zero-order chi connectivity index (χ0) is 14.3. The Balaban J connectivity index is 1.99. The summed E-state index contributed by atoms with van der Waals surface area (Å²) in [7, 11) is 2.03. The van der Waals surface area contributed by atoms with Crippen molar-refractivity contribution in [3.8, 4) is 0 Å². The maximum absolute atomic E-state index is 12.7. The van der Waals surface area contributed by atoms with Gasteiger partial charge < -0.3 is 9.80 Å². The molecule has 1 aromatic heterocycles. The first kappa shape index (κ1) is 13.4. The molecule has 0 amide bonds. The molecule has 7 heteroatoms. The zero-order valence-corrected chi connectivity index (χ0v) is 11.1. The van der Waals surface area contributed by atoms with Crippen LogP contribution in [0.3, 0.4) is 0 Å². The average Bonchev–Trinajstić information content (AvgIpc) is 2.55. The molecule has 4 nitrogen and oxygen atoms in total. The van der Waals surface area contributed by atoms with Gasteiger partial charge in [0, 0.05) is 37.6 Å². The van der Waals surface area contributed by atoms with Gasteiger partial charge in [0.25, 0.3) is 0 Å². The molecule has 1 unspecified atom stereocenters. The van der Waals surface area contributed by atoms with Crippen LogP contribution in [0.15, 0.2) is 17.3 Å². The minimum atomic E-state index is -4.37. The highest BCUT2D eigenvalue weighted by Crippen LogP contribution is 2.32. The summed E-state index contributed by atoms with van der Waals surface area (Å²) < 4.78 is 38.2. The normalized spacial score (nSPS) is 23.2. The first-order valence-electron chi connectivity index (χ1n) is 6.47. The lowest BCUT2D eigenvalue weighted by Crippen LogP contribution is -2.53. The number of fused-ring (bicyclic) bond motifs is 3. The van der Waals surface area contributed by atoms with E-state index in [1.807, 2.05) is 7.05 Å². The van der Waals surface area contributed by atoms with E-state index >= 15 is 0 Å². The number of hydrogen-bond acceptors (Lipinski definition) is 4. The van der Waals surface area contributed by atoms with Crippen LogP contribution < -0.4 is 4.90 Å². The van der Waals surface area contributed by atoms with Crippen molar-refractivity contribution in [3.05, 3.63) is 23.4 Å². The van der Waals surface area contributed by atoms with E-state index in [2.05, 4.69) is 19.8 Å². The Kier molecular flexibility index (Phi) is 3.16. The molecular weight excluding hydrogens is 269 g/mol. The molecule has 0 aromatic carbocycles. The van der Waals surface area contributed by atoms with Gasteiger partial charge in [0.2, 0.25) is 0 Å². The fourth-order valence-corrected chi connectivity index (χ4v) is 2.68. The van der Waals surface area contributed by atoms with E-state index in [0.717, 1.165) is 31.9 Å². The van der Waals surface area contributed by atoms with Crippen LogP contribution in [0.2, 0.25) is 0 Å². The molecule has 0 radical (unpaired) electrons. The van der Waals surface area contributed by atoms with Crippen molar-refractivity contribution >= 4 is 12.0 Å². The molecule has 20 heavy (non-hydrogen) atoms. The number of aliphatic imine (C=N–C) groups is 1. The first-order valence-corrected chi connectivity index (χ1v) is 6.47.